The van der Waals surface area contributed by atoms with Crippen LogP contribution in [0.25, 0.3) is 22.4 Å². The van der Waals surface area contributed by atoms with Crippen LogP contribution in [0.3, 0.4) is 0 Å². The summed E-state index contributed by atoms with van der Waals surface area (Å²) in [6.07, 6.45) is 4.98. The van der Waals surface area contributed by atoms with Gasteiger partial charge in [0.25, 0.3) is 5.91 Å². The number of benzene rings is 1. The zero-order valence-electron chi connectivity index (χ0n) is 16.6. The zero-order valence-corrected chi connectivity index (χ0v) is 17.4. The second-order valence-corrected chi connectivity index (χ2v) is 7.86. The average Bonchev–Trinajstić information content (AvgIpc) is 3.59. The fourth-order valence-corrected chi connectivity index (χ4v) is 3.38. The van der Waals surface area contributed by atoms with Crippen molar-refractivity contribution < 1.29 is 9.18 Å². The summed E-state index contributed by atoms with van der Waals surface area (Å²) < 4.78 is 14.5. The highest BCUT2D eigenvalue weighted by molar-refractivity contribution is 6.30. The van der Waals surface area contributed by atoms with Gasteiger partial charge in [-0.1, -0.05) is 11.6 Å². The van der Waals surface area contributed by atoms with Crippen LogP contribution in [-0.4, -0.2) is 31.9 Å². The first kappa shape index (κ1) is 20.1. The minimum absolute atomic E-state index is 0.0798. The molecule has 3 aromatic heterocycles. The third-order valence-corrected chi connectivity index (χ3v) is 5.22. The second kappa shape index (κ2) is 8.01. The Morgan fingerprint density at radius 2 is 1.97 bits per heavy atom. The normalized spacial score (nSPS) is 13.2. The predicted octanol–water partition coefficient (Wildman–Crippen LogP) is 4.10. The van der Waals surface area contributed by atoms with Gasteiger partial charge in [0.1, 0.15) is 17.5 Å². The lowest BCUT2D eigenvalue weighted by Gasteiger charge is -2.14. The largest absolute Gasteiger partial charge is 0.384 e. The van der Waals surface area contributed by atoms with Gasteiger partial charge in [-0.05, 0) is 49.2 Å². The van der Waals surface area contributed by atoms with Crippen LogP contribution in [0.1, 0.15) is 23.2 Å². The molecular weight excluding hydrogens is 433 g/mol. The molecule has 4 N–H and O–H groups in total. The molecular formula is C22H17ClFN7O. The number of nitrogens with two attached hydrogens (primary N) is 1. The van der Waals surface area contributed by atoms with Gasteiger partial charge in [-0.15, -0.1) is 0 Å². The van der Waals surface area contributed by atoms with Gasteiger partial charge in [0.05, 0.1) is 22.2 Å². The lowest BCUT2D eigenvalue weighted by molar-refractivity contribution is 0.0951. The smallest absolute Gasteiger partial charge is 0.255 e. The topological polar surface area (TPSA) is 119 Å². The van der Waals surface area contributed by atoms with Crippen LogP contribution >= 0.6 is 11.6 Å². The highest BCUT2D eigenvalue weighted by atomic mass is 35.5. The van der Waals surface area contributed by atoms with E-state index in [9.17, 15) is 9.18 Å². The summed E-state index contributed by atoms with van der Waals surface area (Å²) in [5.41, 5.74) is 7.09. The number of rotatable bonds is 5. The Morgan fingerprint density at radius 1 is 1.12 bits per heavy atom. The van der Waals surface area contributed by atoms with Gasteiger partial charge >= 0.3 is 0 Å². The molecule has 160 valence electrons. The number of amides is 1. The number of aromatic nitrogens is 4. The molecule has 1 aliphatic rings. The minimum atomic E-state index is -0.531. The Kier molecular flexibility index (Phi) is 5.02. The van der Waals surface area contributed by atoms with E-state index >= 15 is 0 Å². The van der Waals surface area contributed by atoms with Gasteiger partial charge in [0, 0.05) is 23.5 Å². The standard InChI is InChI=1S/C22H17ClFN7O/c23-11-1-5-16(24)14(9-11)21-30-19(13-4-6-18(25)29-20(13)31-21)28-17-7-8-26-10-15(17)22(32)27-12-2-3-12/h1,4-10,12H,2-3H2,(H,27,32)(H3,25,26,28,29,30,31). The van der Waals surface area contributed by atoms with Crippen LogP contribution in [-0.2, 0) is 0 Å². The molecule has 0 saturated heterocycles. The maximum atomic E-state index is 14.5. The van der Waals surface area contributed by atoms with Gasteiger partial charge in [-0.2, -0.15) is 0 Å². The van der Waals surface area contributed by atoms with E-state index in [1.807, 2.05) is 0 Å². The van der Waals surface area contributed by atoms with Gasteiger partial charge in [-0.25, -0.2) is 19.3 Å². The number of hydrogen-bond donors (Lipinski definition) is 3. The van der Waals surface area contributed by atoms with Gasteiger partial charge in [0.2, 0.25) is 0 Å². The first-order chi connectivity index (χ1) is 15.5. The molecule has 0 atom stereocenters. The molecule has 1 fully saturated rings. The SMILES string of the molecule is Nc1ccc2c(Nc3ccncc3C(=O)NC3CC3)nc(-c3cc(Cl)ccc3F)nc2n1. The van der Waals surface area contributed by atoms with Crippen molar-refractivity contribution in [3.05, 3.63) is 65.2 Å². The van der Waals surface area contributed by atoms with E-state index in [1.54, 1.807) is 24.4 Å². The van der Waals surface area contributed by atoms with Crippen molar-refractivity contribution in [1.29, 1.82) is 0 Å². The number of nitrogens with one attached hydrogen (secondary N) is 2. The number of anilines is 3. The number of carbonyl (C=O) groups is 1. The third kappa shape index (κ3) is 4.02. The summed E-state index contributed by atoms with van der Waals surface area (Å²) in [4.78, 5) is 29.9. The molecule has 3 heterocycles. The highest BCUT2D eigenvalue weighted by Gasteiger charge is 2.25. The molecule has 1 saturated carbocycles. The van der Waals surface area contributed by atoms with E-state index in [0.717, 1.165) is 12.8 Å². The molecule has 0 radical (unpaired) electrons. The Bertz CT molecular complexity index is 1360. The van der Waals surface area contributed by atoms with Crippen molar-refractivity contribution in [2.24, 2.45) is 0 Å². The fourth-order valence-electron chi connectivity index (χ4n) is 3.21. The minimum Gasteiger partial charge on any atom is -0.384 e. The van der Waals surface area contributed by atoms with Crippen molar-refractivity contribution >= 4 is 45.9 Å². The molecule has 1 aromatic carbocycles. The van der Waals surface area contributed by atoms with E-state index in [1.165, 1.54) is 24.4 Å². The number of nitrogen functional groups attached to an aromatic ring is 1. The first-order valence-electron chi connectivity index (χ1n) is 9.89. The number of hydrogen-bond acceptors (Lipinski definition) is 7. The lowest BCUT2D eigenvalue weighted by Crippen LogP contribution is -2.26. The quantitative estimate of drug-likeness (QED) is 0.419. The van der Waals surface area contributed by atoms with Crippen LogP contribution in [0.2, 0.25) is 5.02 Å². The van der Waals surface area contributed by atoms with Crippen molar-refractivity contribution in [3.8, 4) is 11.4 Å². The molecule has 32 heavy (non-hydrogen) atoms. The Balaban J connectivity index is 1.63. The molecule has 1 amide bonds. The summed E-state index contributed by atoms with van der Waals surface area (Å²) in [7, 11) is 0. The van der Waals surface area contributed by atoms with E-state index in [0.29, 0.717) is 27.5 Å². The van der Waals surface area contributed by atoms with Crippen LogP contribution in [0.15, 0.2) is 48.8 Å². The van der Waals surface area contributed by atoms with Gasteiger partial charge in [-0.3, -0.25) is 9.78 Å². The van der Waals surface area contributed by atoms with E-state index < -0.39 is 5.82 Å². The van der Waals surface area contributed by atoms with Crippen molar-refractivity contribution in [3.63, 3.8) is 0 Å². The number of nitrogens with zero attached hydrogens (tertiary/aromatic N) is 4. The summed E-state index contributed by atoms with van der Waals surface area (Å²) >= 11 is 6.06. The summed E-state index contributed by atoms with van der Waals surface area (Å²) in [5.74, 6) is -0.0882. The molecule has 0 aliphatic heterocycles. The summed E-state index contributed by atoms with van der Waals surface area (Å²) in [6.45, 7) is 0. The molecule has 0 spiro atoms. The zero-order chi connectivity index (χ0) is 22.2. The molecule has 0 unspecified atom stereocenters. The number of pyridine rings is 2. The molecule has 1 aliphatic carbocycles. The summed E-state index contributed by atoms with van der Waals surface area (Å²) in [6, 6.07) is 9.31. The molecule has 10 heteroatoms. The van der Waals surface area contributed by atoms with E-state index in [4.69, 9.17) is 17.3 Å². The Labute approximate surface area is 187 Å². The van der Waals surface area contributed by atoms with Crippen molar-refractivity contribution in [2.75, 3.05) is 11.1 Å². The molecule has 5 rings (SSSR count). The van der Waals surface area contributed by atoms with Gasteiger partial charge < -0.3 is 16.4 Å². The average molecular weight is 450 g/mol. The Morgan fingerprint density at radius 3 is 2.78 bits per heavy atom. The molecule has 8 nitrogen and oxygen atoms in total. The van der Waals surface area contributed by atoms with Gasteiger partial charge in [0.15, 0.2) is 11.5 Å². The van der Waals surface area contributed by atoms with Crippen molar-refractivity contribution in [1.82, 2.24) is 25.3 Å². The molecule has 4 aromatic rings. The second-order valence-electron chi connectivity index (χ2n) is 7.42. The monoisotopic (exact) mass is 449 g/mol. The number of carbonyl (C=O) groups excluding carboxylic acids is 1. The number of fused-ring (bicyclic) bond motifs is 1. The van der Waals surface area contributed by atoms with Crippen LogP contribution in [0.5, 0.6) is 0 Å². The van der Waals surface area contributed by atoms with Crippen LogP contribution in [0, 0.1) is 5.82 Å². The highest BCUT2D eigenvalue weighted by Crippen LogP contribution is 2.30. The fraction of sp³-hybridized carbons (Fsp3) is 0.136. The summed E-state index contributed by atoms with van der Waals surface area (Å²) in [5, 5.41) is 7.01. The predicted molar refractivity (Wildman–Crippen MR) is 120 cm³/mol. The first-order valence-corrected chi connectivity index (χ1v) is 10.3. The van der Waals surface area contributed by atoms with Crippen molar-refractivity contribution in [2.45, 2.75) is 18.9 Å². The Hall–Kier alpha value is -3.85. The lowest BCUT2D eigenvalue weighted by atomic mass is 10.1. The maximum Gasteiger partial charge on any atom is 0.255 e. The van der Waals surface area contributed by atoms with Crippen LogP contribution < -0.4 is 16.4 Å². The van der Waals surface area contributed by atoms with Crippen LogP contribution in [0.4, 0.5) is 21.7 Å². The van der Waals surface area contributed by atoms with E-state index in [2.05, 4.69) is 30.6 Å². The molecule has 0 bridgehead atoms. The third-order valence-electron chi connectivity index (χ3n) is 4.98. The maximum absolute atomic E-state index is 14.5. The number of halogens is 2. The van der Waals surface area contributed by atoms with E-state index in [-0.39, 0.29) is 34.8 Å².